The molecule has 2 aliphatic heterocycles. The Morgan fingerprint density at radius 3 is 2.83 bits per heavy atom. The SMILES string of the molecule is O=C1c2cc3nccnc3cc2OC2CCCN12. The van der Waals surface area contributed by atoms with E-state index in [1.165, 1.54) is 0 Å². The fourth-order valence-electron chi connectivity index (χ4n) is 2.65. The molecule has 4 rings (SSSR count). The van der Waals surface area contributed by atoms with Crippen LogP contribution < -0.4 is 4.74 Å². The second-order valence-electron chi connectivity index (χ2n) is 4.61. The van der Waals surface area contributed by atoms with E-state index < -0.39 is 0 Å². The predicted molar refractivity (Wildman–Crippen MR) is 64.2 cm³/mol. The third-order valence-corrected chi connectivity index (χ3v) is 3.52. The smallest absolute Gasteiger partial charge is 0.260 e. The molecule has 0 spiro atoms. The molecule has 0 aliphatic carbocycles. The van der Waals surface area contributed by atoms with Gasteiger partial charge in [0.05, 0.1) is 16.6 Å². The van der Waals surface area contributed by atoms with Crippen LogP contribution in [0.5, 0.6) is 5.75 Å². The first-order chi connectivity index (χ1) is 8.83. The first-order valence-corrected chi connectivity index (χ1v) is 6.05. The molecule has 0 N–H and O–H groups in total. The van der Waals surface area contributed by atoms with Gasteiger partial charge in [-0.25, -0.2) is 0 Å². The Morgan fingerprint density at radius 2 is 2.00 bits per heavy atom. The van der Waals surface area contributed by atoms with Crippen molar-refractivity contribution in [1.29, 1.82) is 0 Å². The van der Waals surface area contributed by atoms with Gasteiger partial charge in [0.1, 0.15) is 5.75 Å². The van der Waals surface area contributed by atoms with Crippen LogP contribution in [0.1, 0.15) is 23.2 Å². The third-order valence-electron chi connectivity index (χ3n) is 3.52. The van der Waals surface area contributed by atoms with Crippen molar-refractivity contribution in [2.45, 2.75) is 19.1 Å². The first-order valence-electron chi connectivity index (χ1n) is 6.05. The highest BCUT2D eigenvalue weighted by molar-refractivity contribution is 6.01. The fourth-order valence-corrected chi connectivity index (χ4v) is 2.65. The molecule has 0 saturated carbocycles. The maximum atomic E-state index is 12.3. The second-order valence-corrected chi connectivity index (χ2v) is 4.61. The van der Waals surface area contributed by atoms with Crippen molar-refractivity contribution < 1.29 is 9.53 Å². The normalized spacial score (nSPS) is 21.7. The number of aromatic nitrogens is 2. The van der Waals surface area contributed by atoms with E-state index in [9.17, 15) is 4.79 Å². The van der Waals surface area contributed by atoms with Gasteiger partial charge in [-0.05, 0) is 12.5 Å². The average molecular weight is 241 g/mol. The molecule has 2 aliphatic rings. The monoisotopic (exact) mass is 241 g/mol. The molecular formula is C13H11N3O2. The van der Waals surface area contributed by atoms with Crippen LogP contribution in [0.4, 0.5) is 0 Å². The standard InChI is InChI=1S/C13H11N3O2/c17-13-8-6-9-10(15-4-3-14-9)7-11(8)18-12-2-1-5-16(12)13/h3-4,6-7,12H,1-2,5H2. The number of ether oxygens (including phenoxy) is 1. The van der Waals surface area contributed by atoms with Gasteiger partial charge in [0, 0.05) is 31.4 Å². The molecule has 2 aromatic rings. The largest absolute Gasteiger partial charge is 0.470 e. The summed E-state index contributed by atoms with van der Waals surface area (Å²) in [6, 6.07) is 3.58. The molecule has 90 valence electrons. The number of fused-ring (bicyclic) bond motifs is 3. The molecule has 1 fully saturated rings. The van der Waals surface area contributed by atoms with Crippen LogP contribution in [0, 0.1) is 0 Å². The molecule has 18 heavy (non-hydrogen) atoms. The minimum absolute atomic E-state index is 0.0475. The van der Waals surface area contributed by atoms with Gasteiger partial charge in [-0.2, -0.15) is 0 Å². The molecule has 1 unspecified atom stereocenters. The summed E-state index contributed by atoms with van der Waals surface area (Å²) < 4.78 is 5.87. The lowest BCUT2D eigenvalue weighted by Gasteiger charge is -2.31. The molecule has 0 bridgehead atoms. The van der Waals surface area contributed by atoms with Crippen molar-refractivity contribution >= 4 is 16.9 Å². The summed E-state index contributed by atoms with van der Waals surface area (Å²) >= 11 is 0. The molecule has 5 heteroatoms. The van der Waals surface area contributed by atoms with E-state index in [0.29, 0.717) is 11.3 Å². The van der Waals surface area contributed by atoms with E-state index in [0.717, 1.165) is 30.4 Å². The minimum Gasteiger partial charge on any atom is -0.470 e. The number of carbonyl (C=O) groups is 1. The summed E-state index contributed by atoms with van der Waals surface area (Å²) in [4.78, 5) is 22.6. The second kappa shape index (κ2) is 3.41. The van der Waals surface area contributed by atoms with E-state index in [4.69, 9.17) is 4.74 Å². The number of hydrogen-bond donors (Lipinski definition) is 0. The quantitative estimate of drug-likeness (QED) is 0.702. The lowest BCUT2D eigenvalue weighted by molar-refractivity contribution is 0.0295. The maximum absolute atomic E-state index is 12.3. The zero-order valence-corrected chi connectivity index (χ0v) is 9.67. The summed E-state index contributed by atoms with van der Waals surface area (Å²) in [6.45, 7) is 0.779. The number of carbonyl (C=O) groups excluding carboxylic acids is 1. The molecular weight excluding hydrogens is 230 g/mol. The maximum Gasteiger partial charge on any atom is 0.260 e. The van der Waals surface area contributed by atoms with E-state index in [2.05, 4.69) is 9.97 Å². The van der Waals surface area contributed by atoms with Crippen LogP contribution in [0.2, 0.25) is 0 Å². The van der Waals surface area contributed by atoms with E-state index in [1.54, 1.807) is 23.4 Å². The summed E-state index contributed by atoms with van der Waals surface area (Å²) in [5.41, 5.74) is 2.09. The van der Waals surface area contributed by atoms with Crippen molar-refractivity contribution in [3.05, 3.63) is 30.1 Å². The van der Waals surface area contributed by atoms with Crippen molar-refractivity contribution in [3.63, 3.8) is 0 Å². The highest BCUT2D eigenvalue weighted by Gasteiger charge is 2.37. The van der Waals surface area contributed by atoms with Gasteiger partial charge in [0.25, 0.3) is 5.91 Å². The Hall–Kier alpha value is -2.17. The van der Waals surface area contributed by atoms with Crippen LogP contribution in [0.3, 0.4) is 0 Å². The number of benzene rings is 1. The van der Waals surface area contributed by atoms with E-state index in [1.807, 2.05) is 6.07 Å². The number of nitrogens with zero attached hydrogens (tertiary/aromatic N) is 3. The first kappa shape index (κ1) is 9.82. The van der Waals surface area contributed by atoms with Gasteiger partial charge < -0.3 is 9.64 Å². The van der Waals surface area contributed by atoms with Crippen molar-refractivity contribution in [3.8, 4) is 5.75 Å². The number of amides is 1. The van der Waals surface area contributed by atoms with Crippen molar-refractivity contribution in [2.24, 2.45) is 0 Å². The highest BCUT2D eigenvalue weighted by atomic mass is 16.5. The molecule has 1 aromatic heterocycles. The third kappa shape index (κ3) is 1.24. The highest BCUT2D eigenvalue weighted by Crippen LogP contribution is 2.34. The van der Waals surface area contributed by atoms with Crippen LogP contribution in [-0.4, -0.2) is 33.5 Å². The van der Waals surface area contributed by atoms with Gasteiger partial charge in [0.15, 0.2) is 6.23 Å². The molecule has 1 amide bonds. The van der Waals surface area contributed by atoms with E-state index >= 15 is 0 Å². The lowest BCUT2D eigenvalue weighted by atomic mass is 10.1. The van der Waals surface area contributed by atoms with Crippen molar-refractivity contribution in [1.82, 2.24) is 14.9 Å². The van der Waals surface area contributed by atoms with Gasteiger partial charge in [-0.15, -0.1) is 0 Å². The molecule has 3 heterocycles. The molecule has 1 saturated heterocycles. The Balaban J connectivity index is 1.93. The zero-order valence-electron chi connectivity index (χ0n) is 9.67. The van der Waals surface area contributed by atoms with Gasteiger partial charge in [-0.3, -0.25) is 14.8 Å². The van der Waals surface area contributed by atoms with Crippen LogP contribution >= 0.6 is 0 Å². The van der Waals surface area contributed by atoms with Crippen LogP contribution in [0.15, 0.2) is 24.5 Å². The predicted octanol–water partition coefficient (Wildman–Crippen LogP) is 1.58. The fraction of sp³-hybridized carbons (Fsp3) is 0.308. The molecule has 1 atom stereocenters. The van der Waals surface area contributed by atoms with Crippen molar-refractivity contribution in [2.75, 3.05) is 6.54 Å². The Bertz CT molecular complexity index is 656. The molecule has 1 aromatic carbocycles. The summed E-state index contributed by atoms with van der Waals surface area (Å²) in [6.07, 6.45) is 5.08. The number of hydrogen-bond acceptors (Lipinski definition) is 4. The summed E-state index contributed by atoms with van der Waals surface area (Å²) in [7, 11) is 0. The van der Waals surface area contributed by atoms with Gasteiger partial charge >= 0.3 is 0 Å². The molecule has 5 nitrogen and oxygen atoms in total. The lowest BCUT2D eigenvalue weighted by Crippen LogP contribution is -2.42. The zero-order chi connectivity index (χ0) is 12.1. The minimum atomic E-state index is -0.0980. The van der Waals surface area contributed by atoms with Gasteiger partial charge in [0.2, 0.25) is 0 Å². The number of rotatable bonds is 0. The van der Waals surface area contributed by atoms with Crippen LogP contribution in [-0.2, 0) is 0 Å². The average Bonchev–Trinajstić information content (AvgIpc) is 2.86. The summed E-state index contributed by atoms with van der Waals surface area (Å²) in [5.74, 6) is 0.683. The summed E-state index contributed by atoms with van der Waals surface area (Å²) in [5, 5.41) is 0. The van der Waals surface area contributed by atoms with Gasteiger partial charge in [-0.1, -0.05) is 0 Å². The Labute approximate surface area is 103 Å². The Kier molecular flexibility index (Phi) is 1.86. The topological polar surface area (TPSA) is 55.3 Å². The van der Waals surface area contributed by atoms with Crippen LogP contribution in [0.25, 0.3) is 11.0 Å². The van der Waals surface area contributed by atoms with E-state index in [-0.39, 0.29) is 12.1 Å². The molecule has 0 radical (unpaired) electrons. The Morgan fingerprint density at radius 1 is 1.22 bits per heavy atom.